The number of fused-ring (bicyclic) bond motifs is 1. The van der Waals surface area contributed by atoms with Gasteiger partial charge in [0.05, 0.1) is 34.2 Å². The van der Waals surface area contributed by atoms with E-state index in [0.29, 0.717) is 29.9 Å². The molecule has 0 fully saturated rings. The maximum Gasteiger partial charge on any atom is 0.252 e. The number of hydrogen-bond donors (Lipinski definition) is 1. The largest absolute Gasteiger partial charge is 0.549 e. The number of rotatable bonds is 7. The van der Waals surface area contributed by atoms with Crippen molar-refractivity contribution in [2.45, 2.75) is 31.4 Å². The molecule has 1 atom stereocenters. The number of aliphatic carboxylic acids is 1. The van der Waals surface area contributed by atoms with Gasteiger partial charge in [0.1, 0.15) is 6.33 Å². The van der Waals surface area contributed by atoms with Gasteiger partial charge < -0.3 is 9.90 Å². The van der Waals surface area contributed by atoms with Crippen molar-refractivity contribution in [2.75, 3.05) is 0 Å². The van der Waals surface area contributed by atoms with Crippen LogP contribution >= 0.6 is 12.6 Å². The van der Waals surface area contributed by atoms with Crippen LogP contribution in [0.15, 0.2) is 54.9 Å². The maximum absolute atomic E-state index is 11.6. The van der Waals surface area contributed by atoms with Crippen LogP contribution < -0.4 is 5.11 Å². The molecule has 0 N–H and O–H groups in total. The predicted octanol–water partition coefficient (Wildman–Crippen LogP) is 2.93. The lowest BCUT2D eigenvalue weighted by atomic mass is 9.95. The van der Waals surface area contributed by atoms with E-state index in [-0.39, 0.29) is 0 Å². The Hall–Kier alpha value is -3.70. The maximum atomic E-state index is 11.6. The van der Waals surface area contributed by atoms with Gasteiger partial charge in [-0.1, -0.05) is 55.8 Å². The lowest BCUT2D eigenvalue weighted by Gasteiger charge is -2.20. The topological polar surface area (TPSA) is 107 Å². The predicted molar refractivity (Wildman–Crippen MR) is 121 cm³/mol. The van der Waals surface area contributed by atoms with Gasteiger partial charge in [0.25, 0.3) is 5.78 Å². The first-order valence-electron chi connectivity index (χ1n) is 10.2. The minimum absolute atomic E-state index is 0.330. The Balaban J connectivity index is 1.78. The molecule has 7 nitrogen and oxygen atoms in total. The first kappa shape index (κ1) is 21.5. The third-order valence-corrected chi connectivity index (χ3v) is 5.78. The monoisotopic (exact) mass is 442 g/mol. The highest BCUT2D eigenvalue weighted by Gasteiger charge is 2.22. The Morgan fingerprint density at radius 3 is 2.66 bits per heavy atom. The fourth-order valence-corrected chi connectivity index (χ4v) is 4.03. The Labute approximate surface area is 190 Å². The van der Waals surface area contributed by atoms with E-state index in [2.05, 4.69) is 33.8 Å². The number of benzene rings is 2. The molecule has 2 heterocycles. The number of carbonyl (C=O) groups excluding carboxylic acids is 1. The second-order valence-corrected chi connectivity index (χ2v) is 7.91. The molecule has 160 valence electrons. The number of thiol groups is 1. The number of hydrogen-bond acceptors (Lipinski definition) is 7. The Morgan fingerprint density at radius 2 is 1.97 bits per heavy atom. The normalized spacial score (nSPS) is 11.9. The van der Waals surface area contributed by atoms with Crippen molar-refractivity contribution in [2.24, 2.45) is 0 Å². The second kappa shape index (κ2) is 9.20. The number of aromatic nitrogens is 4. The van der Waals surface area contributed by atoms with Gasteiger partial charge in [-0.3, -0.25) is 0 Å². The molecular weight excluding hydrogens is 422 g/mol. The number of carboxylic acids is 1. The third kappa shape index (κ3) is 4.07. The zero-order valence-electron chi connectivity index (χ0n) is 17.4. The molecule has 0 aliphatic carbocycles. The van der Waals surface area contributed by atoms with Crippen LogP contribution in [0.1, 0.15) is 46.7 Å². The molecule has 0 saturated carbocycles. The minimum atomic E-state index is -1.31. The summed E-state index contributed by atoms with van der Waals surface area (Å²) < 4.78 is 1.66. The van der Waals surface area contributed by atoms with Crippen LogP contribution in [0.25, 0.3) is 16.9 Å². The molecule has 32 heavy (non-hydrogen) atoms. The molecule has 4 aromatic rings. The molecule has 0 spiro atoms. The lowest BCUT2D eigenvalue weighted by molar-refractivity contribution is -0.305. The van der Waals surface area contributed by atoms with Crippen LogP contribution in [0.5, 0.6) is 0 Å². The molecule has 0 radical (unpaired) electrons. The van der Waals surface area contributed by atoms with Gasteiger partial charge in [-0.15, -0.1) is 0 Å². The van der Waals surface area contributed by atoms with Crippen LogP contribution in [0.4, 0.5) is 0 Å². The summed E-state index contributed by atoms with van der Waals surface area (Å²) in [6.07, 6.45) is 3.39. The Kier molecular flexibility index (Phi) is 6.19. The van der Waals surface area contributed by atoms with Gasteiger partial charge in [-0.05, 0) is 29.2 Å². The summed E-state index contributed by atoms with van der Waals surface area (Å²) in [5.74, 6) is -0.965. The van der Waals surface area contributed by atoms with Crippen LogP contribution in [0, 0.1) is 11.3 Å². The highest BCUT2D eigenvalue weighted by Crippen LogP contribution is 2.29. The van der Waals surface area contributed by atoms with Gasteiger partial charge in [0.15, 0.2) is 0 Å². The number of nitriles is 1. The van der Waals surface area contributed by atoms with Gasteiger partial charge in [-0.2, -0.15) is 28.0 Å². The van der Waals surface area contributed by atoms with E-state index in [9.17, 15) is 15.2 Å². The summed E-state index contributed by atoms with van der Waals surface area (Å²) in [5.41, 5.74) is 5.35. The van der Waals surface area contributed by atoms with E-state index in [4.69, 9.17) is 0 Å². The molecule has 2 aromatic carbocycles. The van der Waals surface area contributed by atoms with Crippen molar-refractivity contribution in [1.29, 1.82) is 5.26 Å². The Bertz CT molecular complexity index is 1320. The average molecular weight is 443 g/mol. The zero-order chi connectivity index (χ0) is 22.7. The zero-order valence-corrected chi connectivity index (χ0v) is 18.3. The van der Waals surface area contributed by atoms with E-state index in [0.717, 1.165) is 34.4 Å². The third-order valence-electron chi connectivity index (χ3n) is 5.33. The van der Waals surface area contributed by atoms with E-state index in [1.54, 1.807) is 10.6 Å². The highest BCUT2D eigenvalue weighted by molar-refractivity contribution is 7.81. The number of carboxylic acid groups (broad SMARTS) is 1. The Morgan fingerprint density at radius 1 is 1.22 bits per heavy atom. The lowest BCUT2D eigenvalue weighted by Crippen LogP contribution is -2.29. The first-order chi connectivity index (χ1) is 15.5. The molecule has 1 unspecified atom stereocenters. The van der Waals surface area contributed by atoms with Crippen molar-refractivity contribution in [1.82, 2.24) is 19.6 Å². The van der Waals surface area contributed by atoms with Crippen LogP contribution in [0.3, 0.4) is 0 Å². The molecule has 0 saturated heterocycles. The van der Waals surface area contributed by atoms with Crippen LogP contribution in [-0.4, -0.2) is 25.6 Å². The van der Waals surface area contributed by atoms with Gasteiger partial charge in [0.2, 0.25) is 0 Å². The van der Waals surface area contributed by atoms with Gasteiger partial charge in [0, 0.05) is 12.0 Å². The van der Waals surface area contributed by atoms with Gasteiger partial charge in [-0.25, -0.2) is 9.50 Å². The van der Waals surface area contributed by atoms with E-state index >= 15 is 0 Å². The number of aryl methyl sites for hydroxylation is 1. The summed E-state index contributed by atoms with van der Waals surface area (Å²) in [4.78, 5) is 20.2. The van der Waals surface area contributed by atoms with Crippen molar-refractivity contribution in [3.63, 3.8) is 0 Å². The van der Waals surface area contributed by atoms with E-state index < -0.39 is 11.2 Å². The van der Waals surface area contributed by atoms with Crippen molar-refractivity contribution >= 4 is 24.4 Å². The van der Waals surface area contributed by atoms with E-state index in [1.165, 1.54) is 6.33 Å². The molecule has 0 amide bonds. The molecule has 0 aliphatic heterocycles. The molecule has 4 rings (SSSR count). The minimum Gasteiger partial charge on any atom is -0.549 e. The van der Waals surface area contributed by atoms with Gasteiger partial charge >= 0.3 is 0 Å². The second-order valence-electron chi connectivity index (χ2n) is 7.40. The first-order valence-corrected chi connectivity index (χ1v) is 10.7. The van der Waals surface area contributed by atoms with E-state index in [1.807, 2.05) is 49.4 Å². The molecule has 0 aliphatic rings. The van der Waals surface area contributed by atoms with Crippen molar-refractivity contribution < 1.29 is 9.90 Å². The average Bonchev–Trinajstić information content (AvgIpc) is 3.29. The summed E-state index contributed by atoms with van der Waals surface area (Å²) in [5, 5.41) is 24.1. The van der Waals surface area contributed by atoms with Crippen LogP contribution in [0.2, 0.25) is 0 Å². The fourth-order valence-electron chi connectivity index (χ4n) is 3.82. The van der Waals surface area contributed by atoms with Crippen molar-refractivity contribution in [3.8, 4) is 17.2 Å². The number of nitrogens with zero attached hydrogens (tertiary/aromatic N) is 5. The fraction of sp³-hybridized carbons (Fsp3) is 0.208. The summed E-state index contributed by atoms with van der Waals surface area (Å²) in [6.45, 7) is 2.05. The molecule has 2 aromatic heterocycles. The smallest absolute Gasteiger partial charge is 0.252 e. The quantitative estimate of drug-likeness (QED) is 0.441. The standard InChI is InChI=1S/C24H21N5O2S/c1-2-5-20-19(21(22(32)23(30)31)28-24-26-14-27-29(20)24)12-15-8-10-16(11-9-15)18-7-4-3-6-17(18)13-25/h3-4,6-11,14,22,32H,2,5,12H2,1H3,(H,30,31)/p-1. The SMILES string of the molecule is CCCc1c(Cc2ccc(-c3ccccc3C#N)cc2)c(C(S)C(=O)[O-])nc2ncnn12. The summed E-state index contributed by atoms with van der Waals surface area (Å²) in [6, 6.07) is 17.5. The summed E-state index contributed by atoms with van der Waals surface area (Å²) >= 11 is 4.25. The molecular formula is C24H20N5O2S-. The molecule has 8 heteroatoms. The summed E-state index contributed by atoms with van der Waals surface area (Å²) in [7, 11) is 0. The molecule has 0 bridgehead atoms. The van der Waals surface area contributed by atoms with Crippen molar-refractivity contribution in [3.05, 3.63) is 82.9 Å². The van der Waals surface area contributed by atoms with Crippen LogP contribution in [-0.2, 0) is 17.6 Å². The number of carbonyl (C=O) groups is 1. The highest BCUT2D eigenvalue weighted by atomic mass is 32.1.